The van der Waals surface area contributed by atoms with Gasteiger partial charge < -0.3 is 23.8 Å². The first-order valence-electron chi connectivity index (χ1n) is 25.7. The van der Waals surface area contributed by atoms with Crippen molar-refractivity contribution >= 4 is 11.9 Å². The number of ether oxygens (including phenoxy) is 4. The van der Waals surface area contributed by atoms with Gasteiger partial charge >= 0.3 is 11.9 Å². The molecule has 0 saturated carbocycles. The maximum absolute atomic E-state index is 13.0. The van der Waals surface area contributed by atoms with Crippen LogP contribution in [0.15, 0.2) is 0 Å². The Morgan fingerprint density at radius 2 is 0.793 bits per heavy atom. The van der Waals surface area contributed by atoms with Crippen molar-refractivity contribution in [2.75, 3.05) is 52.9 Å². The number of carbonyl (C=O) groups excluding carboxylic acids is 2. The van der Waals surface area contributed by atoms with E-state index in [9.17, 15) is 9.59 Å². The Hall–Kier alpha value is -1.18. The molecule has 7 heteroatoms. The molecule has 0 fully saturated rings. The summed E-state index contributed by atoms with van der Waals surface area (Å²) in [5.41, 5.74) is 0. The van der Waals surface area contributed by atoms with E-state index in [-0.39, 0.29) is 17.9 Å². The second kappa shape index (κ2) is 46.9. The molecule has 0 aliphatic carbocycles. The van der Waals surface area contributed by atoms with Crippen LogP contribution in [0.1, 0.15) is 253 Å². The number of hydrogen-bond acceptors (Lipinski definition) is 7. The molecule has 0 spiro atoms. The van der Waals surface area contributed by atoms with Crippen LogP contribution in [-0.4, -0.2) is 69.7 Å². The molecule has 0 bridgehead atoms. The summed E-state index contributed by atoms with van der Waals surface area (Å²) in [5.74, 6) is 0.638. The quantitative estimate of drug-likeness (QED) is 0.0344. The SMILES string of the molecule is CCCCCCCCC(CCCCCC)COCOCCCCCCN(CCCCCCOC(=O)C(CCCCCC)CCCCCCCC)CCCCOC(C)=O. The van der Waals surface area contributed by atoms with Gasteiger partial charge in [-0.25, -0.2) is 0 Å². The molecule has 0 rings (SSSR count). The van der Waals surface area contributed by atoms with E-state index in [4.69, 9.17) is 18.9 Å². The number of unbranched alkanes of at least 4 members (excludes halogenated alkanes) is 23. The zero-order valence-electron chi connectivity index (χ0n) is 39.7. The van der Waals surface area contributed by atoms with Gasteiger partial charge in [0.15, 0.2) is 0 Å². The van der Waals surface area contributed by atoms with Crippen molar-refractivity contribution in [1.29, 1.82) is 0 Å². The third-order valence-electron chi connectivity index (χ3n) is 11.9. The average Bonchev–Trinajstić information content (AvgIpc) is 3.21. The van der Waals surface area contributed by atoms with Crippen molar-refractivity contribution in [3.8, 4) is 0 Å². The molecule has 0 radical (unpaired) electrons. The highest BCUT2D eigenvalue weighted by molar-refractivity contribution is 5.72. The lowest BCUT2D eigenvalue weighted by molar-refractivity contribution is -0.149. The van der Waals surface area contributed by atoms with Gasteiger partial charge in [0.25, 0.3) is 0 Å². The lowest BCUT2D eigenvalue weighted by Gasteiger charge is -2.22. The van der Waals surface area contributed by atoms with Crippen molar-refractivity contribution in [2.45, 2.75) is 253 Å². The molecule has 0 amide bonds. The van der Waals surface area contributed by atoms with Crippen LogP contribution in [0.3, 0.4) is 0 Å². The topological polar surface area (TPSA) is 74.3 Å². The Morgan fingerprint density at radius 1 is 0.414 bits per heavy atom. The van der Waals surface area contributed by atoms with Crippen molar-refractivity contribution < 1.29 is 28.5 Å². The normalized spacial score (nSPS) is 12.7. The zero-order chi connectivity index (χ0) is 42.4. The first-order valence-corrected chi connectivity index (χ1v) is 25.7. The fourth-order valence-electron chi connectivity index (χ4n) is 8.05. The summed E-state index contributed by atoms with van der Waals surface area (Å²) < 4.78 is 22.9. The molecule has 0 aliphatic heterocycles. The minimum absolute atomic E-state index is 0.0561. The lowest BCUT2D eigenvalue weighted by atomic mass is 9.94. The highest BCUT2D eigenvalue weighted by atomic mass is 16.7. The molecule has 0 heterocycles. The molecule has 2 unspecified atom stereocenters. The van der Waals surface area contributed by atoms with E-state index < -0.39 is 0 Å². The highest BCUT2D eigenvalue weighted by Gasteiger charge is 2.19. The van der Waals surface area contributed by atoms with E-state index in [0.29, 0.717) is 25.9 Å². The Labute approximate surface area is 362 Å². The number of hydrogen-bond donors (Lipinski definition) is 0. The Bertz CT molecular complexity index is 840. The van der Waals surface area contributed by atoms with E-state index in [1.807, 2.05) is 0 Å². The Balaban J connectivity index is 4.37. The van der Waals surface area contributed by atoms with Crippen LogP contribution in [0.5, 0.6) is 0 Å². The monoisotopic (exact) mass is 824 g/mol. The van der Waals surface area contributed by atoms with Gasteiger partial charge in [0.2, 0.25) is 0 Å². The second-order valence-corrected chi connectivity index (χ2v) is 17.7. The molecule has 0 aromatic carbocycles. The Morgan fingerprint density at radius 3 is 1.31 bits per heavy atom. The first kappa shape index (κ1) is 56.8. The average molecular weight is 824 g/mol. The fourth-order valence-corrected chi connectivity index (χ4v) is 8.05. The zero-order valence-corrected chi connectivity index (χ0v) is 39.7. The summed E-state index contributed by atoms with van der Waals surface area (Å²) in [6.07, 6.45) is 41.6. The van der Waals surface area contributed by atoms with E-state index in [2.05, 4.69) is 32.6 Å². The van der Waals surface area contributed by atoms with Crippen LogP contribution in [0, 0.1) is 11.8 Å². The van der Waals surface area contributed by atoms with E-state index in [0.717, 1.165) is 97.1 Å². The van der Waals surface area contributed by atoms with Gasteiger partial charge in [-0.2, -0.15) is 0 Å². The third-order valence-corrected chi connectivity index (χ3v) is 11.9. The minimum atomic E-state index is -0.191. The molecule has 58 heavy (non-hydrogen) atoms. The molecule has 0 aromatic rings. The molecule has 0 saturated heterocycles. The molecular formula is C51H101NO6. The van der Waals surface area contributed by atoms with Crippen LogP contribution in [0.4, 0.5) is 0 Å². The second-order valence-electron chi connectivity index (χ2n) is 17.7. The first-order chi connectivity index (χ1) is 28.5. The van der Waals surface area contributed by atoms with E-state index >= 15 is 0 Å². The highest BCUT2D eigenvalue weighted by Crippen LogP contribution is 2.22. The summed E-state index contributed by atoms with van der Waals surface area (Å²) >= 11 is 0. The van der Waals surface area contributed by atoms with Crippen molar-refractivity contribution in [2.24, 2.45) is 11.8 Å². The van der Waals surface area contributed by atoms with Crippen LogP contribution in [-0.2, 0) is 28.5 Å². The summed E-state index contributed by atoms with van der Waals surface area (Å²) in [7, 11) is 0. The van der Waals surface area contributed by atoms with E-state index in [1.54, 1.807) is 0 Å². The van der Waals surface area contributed by atoms with Crippen molar-refractivity contribution in [3.05, 3.63) is 0 Å². The number of esters is 2. The fraction of sp³-hybridized carbons (Fsp3) is 0.961. The predicted molar refractivity (Wildman–Crippen MR) is 247 cm³/mol. The summed E-state index contributed by atoms with van der Waals surface area (Å²) in [4.78, 5) is 26.8. The van der Waals surface area contributed by atoms with Gasteiger partial charge in [-0.1, -0.05) is 182 Å². The number of rotatable bonds is 48. The van der Waals surface area contributed by atoms with Crippen LogP contribution >= 0.6 is 0 Å². The third kappa shape index (κ3) is 41.5. The molecule has 2 atom stereocenters. The smallest absolute Gasteiger partial charge is 0.308 e. The van der Waals surface area contributed by atoms with Gasteiger partial charge in [-0.3, -0.25) is 9.59 Å². The standard InChI is InChI=1S/C51H101NO6/c1-6-10-14-18-20-27-37-49(36-26-16-12-8-3)46-56-47-55-43-33-24-22-30-40-52(42-32-35-44-57-48(5)53)41-31-23-25-34-45-58-51(54)50(38-28-17-13-9-4)39-29-21-19-15-11-7-2/h49-50H,6-47H2,1-5H3. The molecular weight excluding hydrogens is 723 g/mol. The number of nitrogens with zero attached hydrogens (tertiary/aromatic N) is 1. The van der Waals surface area contributed by atoms with Crippen molar-refractivity contribution in [1.82, 2.24) is 4.90 Å². The van der Waals surface area contributed by atoms with Crippen LogP contribution in [0.25, 0.3) is 0 Å². The summed E-state index contributed by atoms with van der Waals surface area (Å²) in [5, 5.41) is 0. The van der Waals surface area contributed by atoms with Gasteiger partial charge in [0.1, 0.15) is 6.79 Å². The summed E-state index contributed by atoms with van der Waals surface area (Å²) in [6.45, 7) is 17.0. The minimum Gasteiger partial charge on any atom is -0.466 e. The van der Waals surface area contributed by atoms with Crippen LogP contribution in [0.2, 0.25) is 0 Å². The predicted octanol–water partition coefficient (Wildman–Crippen LogP) is 15.0. The molecule has 0 aliphatic rings. The molecule has 0 N–H and O–H groups in total. The van der Waals surface area contributed by atoms with Crippen LogP contribution < -0.4 is 0 Å². The number of carbonyl (C=O) groups is 2. The maximum atomic E-state index is 13.0. The lowest BCUT2D eigenvalue weighted by Crippen LogP contribution is -2.27. The van der Waals surface area contributed by atoms with Gasteiger partial charge in [-0.05, 0) is 89.8 Å². The Kier molecular flexibility index (Phi) is 45.9. The summed E-state index contributed by atoms with van der Waals surface area (Å²) in [6, 6.07) is 0. The van der Waals surface area contributed by atoms with Gasteiger partial charge in [0, 0.05) is 13.5 Å². The molecule has 7 nitrogen and oxygen atoms in total. The largest absolute Gasteiger partial charge is 0.466 e. The van der Waals surface area contributed by atoms with E-state index in [1.165, 1.54) is 161 Å². The maximum Gasteiger partial charge on any atom is 0.308 e. The van der Waals surface area contributed by atoms with Gasteiger partial charge in [-0.15, -0.1) is 0 Å². The molecule has 346 valence electrons. The van der Waals surface area contributed by atoms with Gasteiger partial charge in [0.05, 0.1) is 25.7 Å². The molecule has 0 aromatic heterocycles. The van der Waals surface area contributed by atoms with Crippen molar-refractivity contribution in [3.63, 3.8) is 0 Å².